The minimum Gasteiger partial charge on any atom is -0.462 e. The summed E-state index contributed by atoms with van der Waals surface area (Å²) in [5, 5.41) is 10.6. The van der Waals surface area contributed by atoms with Crippen LogP contribution >= 0.6 is 15.6 Å². The SMILES string of the molecule is CCCCCCCCCC(=O)OC[C@H](COP(=O)(O)OC[C@H](O)COP(=O)(O)OC[C@@H](COC(=O)CCCCCCCCCCCCCCCCCC(C)C)OC(=O)CCCCCCCCCCCCCCCCCCCCC(C)C)OC(=O)CCCCCCCCCCCCC(C)CC. The fourth-order valence-corrected chi connectivity index (χ4v) is 14.0. The quantitative estimate of drug-likeness (QED) is 0.0222. The van der Waals surface area contributed by atoms with Crippen LogP contribution in [0.25, 0.3) is 0 Å². The molecule has 19 heteroatoms. The smallest absolute Gasteiger partial charge is 0.462 e. The van der Waals surface area contributed by atoms with E-state index in [0.717, 1.165) is 120 Å². The number of hydrogen-bond acceptors (Lipinski definition) is 15. The van der Waals surface area contributed by atoms with Crippen LogP contribution in [0.2, 0.25) is 0 Å². The molecule has 17 nitrogen and oxygen atoms in total. The Balaban J connectivity index is 5.18. The van der Waals surface area contributed by atoms with E-state index in [1.807, 2.05) is 0 Å². The van der Waals surface area contributed by atoms with Crippen molar-refractivity contribution in [2.24, 2.45) is 17.8 Å². The molecule has 0 rings (SSSR count). The molecule has 3 unspecified atom stereocenters. The summed E-state index contributed by atoms with van der Waals surface area (Å²) in [6, 6.07) is 0. The number of phosphoric acid groups is 2. The average Bonchev–Trinajstić information content (AvgIpc) is 0.921. The number of aliphatic hydroxyl groups excluding tert-OH is 1. The molecule has 0 saturated carbocycles. The molecule has 0 aliphatic rings. The number of rotatable bonds is 79. The van der Waals surface area contributed by atoms with Crippen molar-refractivity contribution in [3.63, 3.8) is 0 Å². The average molecular weight is 1470 g/mol. The number of aliphatic hydroxyl groups is 1. The maximum Gasteiger partial charge on any atom is 0.472 e. The van der Waals surface area contributed by atoms with Crippen LogP contribution in [-0.2, 0) is 65.4 Å². The van der Waals surface area contributed by atoms with E-state index >= 15 is 0 Å². The van der Waals surface area contributed by atoms with Gasteiger partial charge < -0.3 is 33.8 Å². The van der Waals surface area contributed by atoms with Gasteiger partial charge in [-0.1, -0.05) is 370 Å². The summed E-state index contributed by atoms with van der Waals surface area (Å²) in [5.41, 5.74) is 0. The Labute approximate surface area is 613 Å². The summed E-state index contributed by atoms with van der Waals surface area (Å²) in [4.78, 5) is 72.9. The first kappa shape index (κ1) is 98.1. The van der Waals surface area contributed by atoms with E-state index < -0.39 is 97.5 Å². The van der Waals surface area contributed by atoms with Crippen molar-refractivity contribution < 1.29 is 80.2 Å². The topological polar surface area (TPSA) is 237 Å². The Kier molecular flexibility index (Phi) is 69.9. The Hall–Kier alpha value is -1.94. The summed E-state index contributed by atoms with van der Waals surface area (Å²) < 4.78 is 68.6. The third-order valence-corrected chi connectivity index (χ3v) is 21.1. The highest BCUT2D eigenvalue weighted by Gasteiger charge is 2.30. The molecule has 0 aromatic heterocycles. The normalized spacial score (nSPS) is 14.2. The van der Waals surface area contributed by atoms with E-state index in [-0.39, 0.29) is 25.7 Å². The molecule has 0 heterocycles. The molecule has 100 heavy (non-hydrogen) atoms. The van der Waals surface area contributed by atoms with E-state index in [0.29, 0.717) is 25.7 Å². The molecule has 3 N–H and O–H groups in total. The fraction of sp³-hybridized carbons (Fsp3) is 0.951. The highest BCUT2D eigenvalue weighted by Crippen LogP contribution is 2.45. The largest absolute Gasteiger partial charge is 0.472 e. The number of carbonyl (C=O) groups is 4. The zero-order valence-electron chi connectivity index (χ0n) is 65.7. The monoisotopic (exact) mass is 1470 g/mol. The second-order valence-corrected chi connectivity index (χ2v) is 33.3. The summed E-state index contributed by atoms with van der Waals surface area (Å²) in [7, 11) is -9.91. The maximum absolute atomic E-state index is 13.1. The molecule has 594 valence electrons. The lowest BCUT2D eigenvalue weighted by Crippen LogP contribution is -2.30. The lowest BCUT2D eigenvalue weighted by molar-refractivity contribution is -0.161. The molecule has 0 radical (unpaired) electrons. The Morgan fingerprint density at radius 2 is 0.510 bits per heavy atom. The minimum atomic E-state index is -4.96. The van der Waals surface area contributed by atoms with Gasteiger partial charge in [-0.15, -0.1) is 0 Å². The van der Waals surface area contributed by atoms with Gasteiger partial charge in [-0.2, -0.15) is 0 Å². The molecule has 0 fully saturated rings. The molecule has 0 aromatic carbocycles. The fourth-order valence-electron chi connectivity index (χ4n) is 12.5. The van der Waals surface area contributed by atoms with Crippen LogP contribution in [0.3, 0.4) is 0 Å². The van der Waals surface area contributed by atoms with Gasteiger partial charge in [0.05, 0.1) is 26.4 Å². The van der Waals surface area contributed by atoms with Gasteiger partial charge in [-0.05, 0) is 43.4 Å². The zero-order chi connectivity index (χ0) is 73.7. The highest BCUT2D eigenvalue weighted by atomic mass is 31.2. The molecule has 0 bridgehead atoms. The number of carbonyl (C=O) groups excluding carboxylic acids is 4. The van der Waals surface area contributed by atoms with Crippen molar-refractivity contribution in [2.75, 3.05) is 39.6 Å². The van der Waals surface area contributed by atoms with Crippen LogP contribution in [0, 0.1) is 17.8 Å². The summed E-state index contributed by atoms with van der Waals surface area (Å²) in [5.74, 6) is 0.314. The van der Waals surface area contributed by atoms with Crippen molar-refractivity contribution in [2.45, 2.75) is 439 Å². The van der Waals surface area contributed by atoms with Crippen LogP contribution in [0.1, 0.15) is 421 Å². The Morgan fingerprint density at radius 1 is 0.290 bits per heavy atom. The number of phosphoric ester groups is 2. The summed E-state index contributed by atoms with van der Waals surface area (Å²) >= 11 is 0. The van der Waals surface area contributed by atoms with Gasteiger partial charge in [-0.3, -0.25) is 37.3 Å². The predicted octanol–water partition coefficient (Wildman–Crippen LogP) is 24.1. The molecule has 0 saturated heterocycles. The second-order valence-electron chi connectivity index (χ2n) is 30.4. The summed E-state index contributed by atoms with van der Waals surface area (Å²) in [6.07, 6.45) is 59.8. The molecule has 6 atom stereocenters. The zero-order valence-corrected chi connectivity index (χ0v) is 67.5. The van der Waals surface area contributed by atoms with Crippen molar-refractivity contribution in [1.29, 1.82) is 0 Å². The summed E-state index contributed by atoms with van der Waals surface area (Å²) in [6.45, 7) is 12.0. The van der Waals surface area contributed by atoms with Crippen molar-refractivity contribution >= 4 is 39.5 Å². The number of hydrogen-bond donors (Lipinski definition) is 3. The molecular weight excluding hydrogens is 1310 g/mol. The Morgan fingerprint density at radius 3 is 0.760 bits per heavy atom. The molecule has 0 spiro atoms. The maximum atomic E-state index is 13.1. The number of unbranched alkanes of at least 4 members (excludes halogenated alkanes) is 46. The standard InChI is InChI=1S/C81H158O17P2/c1-8-10-11-12-38-48-55-62-78(83)91-68-76(97-81(86)65-58-51-44-37-31-30-34-41-47-54-61-74(7)9-2)70-95-99(87,88)93-66-75(82)67-94-100(89,90)96-71-77(69-92-79(84)63-56-49-42-35-28-24-21-17-19-23-27-33-40-46-53-60-73(5)6)98-80(85)64-57-50-43-36-29-25-20-16-14-13-15-18-22-26-32-39-45-52-59-72(3)4/h72-77,82H,8-71H2,1-7H3,(H,87,88)(H,89,90)/t74?,75-,76+,77+/m0/s1. The molecule has 0 aromatic rings. The van der Waals surface area contributed by atoms with Gasteiger partial charge in [-0.25, -0.2) is 9.13 Å². The van der Waals surface area contributed by atoms with Gasteiger partial charge in [0.15, 0.2) is 12.2 Å². The van der Waals surface area contributed by atoms with E-state index in [4.69, 9.17) is 37.0 Å². The first-order valence-corrected chi connectivity index (χ1v) is 44.9. The lowest BCUT2D eigenvalue weighted by Gasteiger charge is -2.21. The van der Waals surface area contributed by atoms with Crippen LogP contribution in [0.15, 0.2) is 0 Å². The van der Waals surface area contributed by atoms with E-state index in [1.165, 1.54) is 218 Å². The van der Waals surface area contributed by atoms with Crippen molar-refractivity contribution in [3.8, 4) is 0 Å². The third kappa shape index (κ3) is 73.0. The molecule has 0 amide bonds. The molecule has 0 aliphatic heterocycles. The minimum absolute atomic E-state index is 0.106. The molecule has 0 aliphatic carbocycles. The number of esters is 4. The first-order valence-electron chi connectivity index (χ1n) is 41.9. The van der Waals surface area contributed by atoms with Gasteiger partial charge >= 0.3 is 39.5 Å². The number of ether oxygens (including phenoxy) is 4. The van der Waals surface area contributed by atoms with Crippen molar-refractivity contribution in [1.82, 2.24) is 0 Å². The van der Waals surface area contributed by atoms with Crippen molar-refractivity contribution in [3.05, 3.63) is 0 Å². The third-order valence-electron chi connectivity index (χ3n) is 19.2. The molecular formula is C81H158O17P2. The van der Waals surface area contributed by atoms with Gasteiger partial charge in [0.25, 0.3) is 0 Å². The van der Waals surface area contributed by atoms with Gasteiger partial charge in [0, 0.05) is 25.7 Å². The van der Waals surface area contributed by atoms with E-state index in [1.54, 1.807) is 0 Å². The lowest BCUT2D eigenvalue weighted by atomic mass is 9.99. The van der Waals surface area contributed by atoms with Crippen LogP contribution in [0.4, 0.5) is 0 Å². The van der Waals surface area contributed by atoms with Gasteiger partial charge in [0.1, 0.15) is 19.3 Å². The van der Waals surface area contributed by atoms with Crippen LogP contribution in [0.5, 0.6) is 0 Å². The first-order chi connectivity index (χ1) is 48.3. The highest BCUT2D eigenvalue weighted by molar-refractivity contribution is 7.47. The van der Waals surface area contributed by atoms with Crippen LogP contribution in [-0.4, -0.2) is 96.7 Å². The predicted molar refractivity (Wildman–Crippen MR) is 409 cm³/mol. The van der Waals surface area contributed by atoms with E-state index in [2.05, 4.69) is 48.5 Å². The second kappa shape index (κ2) is 71.3. The van der Waals surface area contributed by atoms with E-state index in [9.17, 15) is 43.2 Å². The van der Waals surface area contributed by atoms with Gasteiger partial charge in [0.2, 0.25) is 0 Å². The Bertz CT molecular complexity index is 1940. The van der Waals surface area contributed by atoms with Crippen LogP contribution < -0.4 is 0 Å².